The lowest BCUT2D eigenvalue weighted by molar-refractivity contribution is -0.132. The van der Waals surface area contributed by atoms with E-state index in [9.17, 15) is 14.4 Å². The fraction of sp³-hybridized carbons (Fsp3) is 0.500. The topological polar surface area (TPSA) is 192 Å². The maximum absolute atomic E-state index is 13.5. The summed E-state index contributed by atoms with van der Waals surface area (Å²) in [4.78, 5) is 42.6. The molecular weight excluding hydrogens is 482 g/mol. The van der Waals surface area contributed by atoms with Crippen LogP contribution < -0.4 is 33.6 Å². The second kappa shape index (κ2) is 14.3. The van der Waals surface area contributed by atoms with Crippen molar-refractivity contribution in [2.75, 3.05) is 6.54 Å². The molecule has 1 aliphatic carbocycles. The minimum Gasteiger partial charge on any atom is -0.370 e. The molecule has 2 aromatic carbocycles. The number of rotatable bonds is 13. The number of guanidine groups is 1. The van der Waals surface area contributed by atoms with Crippen LogP contribution in [0, 0.1) is 5.92 Å². The molecule has 10 heteroatoms. The molecular formula is C28H41N7O3. The first kappa shape index (κ1) is 28.9. The zero-order valence-electron chi connectivity index (χ0n) is 21.9. The standard InChI is InChI=1S/C28H41N7O3/c29-22(14-7-15-33-28(31)32)26(37)35-24(16-18-8-2-1-3-9-18)27(38)34-23(25(30)36)17-20-12-6-11-19-10-4-5-13-21(19)20/h4-6,10-13,18,22-24H,1-3,7-9,14-17,29H2,(H2,30,36)(H,34,38)(H,35,37)(H4,31,32,33)/t22-,23-,24-/m0/s1. The smallest absolute Gasteiger partial charge is 0.243 e. The van der Waals surface area contributed by atoms with Crippen LogP contribution in [0.15, 0.2) is 47.5 Å². The number of hydrogen-bond acceptors (Lipinski definition) is 5. The molecule has 0 bridgehead atoms. The number of nitrogens with zero attached hydrogens (tertiary/aromatic N) is 1. The highest BCUT2D eigenvalue weighted by Crippen LogP contribution is 2.27. The van der Waals surface area contributed by atoms with Crippen molar-refractivity contribution < 1.29 is 14.4 Å². The maximum atomic E-state index is 13.5. The van der Waals surface area contributed by atoms with Gasteiger partial charge in [-0.1, -0.05) is 74.6 Å². The molecule has 0 radical (unpaired) electrons. The Balaban J connectivity index is 1.70. The molecule has 10 nitrogen and oxygen atoms in total. The number of amides is 3. The molecule has 1 saturated carbocycles. The number of primary amides is 1. The van der Waals surface area contributed by atoms with Crippen molar-refractivity contribution in [2.24, 2.45) is 33.8 Å². The molecule has 0 unspecified atom stereocenters. The van der Waals surface area contributed by atoms with E-state index in [1.165, 1.54) is 6.42 Å². The summed E-state index contributed by atoms with van der Waals surface area (Å²) in [6.45, 7) is 0.365. The Labute approximate surface area is 224 Å². The van der Waals surface area contributed by atoms with Crippen molar-refractivity contribution in [1.82, 2.24) is 10.6 Å². The summed E-state index contributed by atoms with van der Waals surface area (Å²) < 4.78 is 0. The van der Waals surface area contributed by atoms with Crippen LogP contribution in [0.2, 0.25) is 0 Å². The van der Waals surface area contributed by atoms with Crippen molar-refractivity contribution in [2.45, 2.75) is 75.9 Å². The van der Waals surface area contributed by atoms with Gasteiger partial charge in [0.25, 0.3) is 0 Å². The number of fused-ring (bicyclic) bond motifs is 1. The molecule has 0 saturated heterocycles. The first-order valence-corrected chi connectivity index (χ1v) is 13.4. The van der Waals surface area contributed by atoms with Crippen LogP contribution in [0.4, 0.5) is 0 Å². The molecule has 0 heterocycles. The third-order valence-corrected chi connectivity index (χ3v) is 7.20. The van der Waals surface area contributed by atoms with Gasteiger partial charge in [-0.25, -0.2) is 0 Å². The van der Waals surface area contributed by atoms with Crippen LogP contribution in [0.3, 0.4) is 0 Å². The summed E-state index contributed by atoms with van der Waals surface area (Å²) in [6.07, 6.45) is 7.00. The number of benzene rings is 2. The van der Waals surface area contributed by atoms with Gasteiger partial charge in [-0.3, -0.25) is 19.4 Å². The summed E-state index contributed by atoms with van der Waals surface area (Å²) in [5.74, 6) is -1.19. The van der Waals surface area contributed by atoms with E-state index in [4.69, 9.17) is 22.9 Å². The van der Waals surface area contributed by atoms with Crippen LogP contribution in [-0.4, -0.2) is 48.4 Å². The maximum Gasteiger partial charge on any atom is 0.243 e. The lowest BCUT2D eigenvalue weighted by atomic mass is 9.84. The summed E-state index contributed by atoms with van der Waals surface area (Å²) in [6, 6.07) is 11.1. The van der Waals surface area contributed by atoms with Crippen LogP contribution in [0.5, 0.6) is 0 Å². The third-order valence-electron chi connectivity index (χ3n) is 7.20. The SMILES string of the molecule is NC(=O)[C@H](Cc1cccc2ccccc12)NC(=O)[C@H](CC1CCCCC1)NC(=O)[C@@H](N)CCCN=C(N)N. The van der Waals surface area contributed by atoms with Gasteiger partial charge in [-0.05, 0) is 41.5 Å². The Morgan fingerprint density at radius 2 is 1.58 bits per heavy atom. The normalized spacial score (nSPS) is 16.2. The molecule has 2 aromatic rings. The lowest BCUT2D eigenvalue weighted by Gasteiger charge is -2.28. The predicted molar refractivity (Wildman–Crippen MR) is 150 cm³/mol. The number of nitrogens with two attached hydrogens (primary N) is 4. The van der Waals surface area contributed by atoms with Gasteiger partial charge in [-0.2, -0.15) is 0 Å². The zero-order valence-corrected chi connectivity index (χ0v) is 21.9. The first-order chi connectivity index (χ1) is 18.2. The zero-order chi connectivity index (χ0) is 27.5. The van der Waals surface area contributed by atoms with Gasteiger partial charge in [0.1, 0.15) is 12.1 Å². The molecule has 0 spiro atoms. The molecule has 3 amide bonds. The molecule has 3 atom stereocenters. The second-order valence-corrected chi connectivity index (χ2v) is 10.2. The molecule has 0 aromatic heterocycles. The molecule has 206 valence electrons. The summed E-state index contributed by atoms with van der Waals surface area (Å²) in [5, 5.41) is 7.68. The highest BCUT2D eigenvalue weighted by Gasteiger charge is 2.30. The minimum absolute atomic E-state index is 0.0141. The number of aliphatic imine (C=N–C) groups is 1. The predicted octanol–water partition coefficient (Wildman–Crippen LogP) is 1.19. The van der Waals surface area contributed by atoms with E-state index in [1.807, 2.05) is 42.5 Å². The summed E-state index contributed by atoms with van der Waals surface area (Å²) in [5.41, 5.74) is 23.4. The Morgan fingerprint density at radius 3 is 2.29 bits per heavy atom. The van der Waals surface area contributed by atoms with Crippen molar-refractivity contribution in [3.05, 3.63) is 48.0 Å². The fourth-order valence-corrected chi connectivity index (χ4v) is 5.10. The molecule has 1 aliphatic rings. The van der Waals surface area contributed by atoms with E-state index in [-0.39, 0.29) is 12.4 Å². The largest absolute Gasteiger partial charge is 0.370 e. The fourth-order valence-electron chi connectivity index (χ4n) is 5.10. The van der Waals surface area contributed by atoms with Gasteiger partial charge >= 0.3 is 0 Å². The highest BCUT2D eigenvalue weighted by molar-refractivity contribution is 5.93. The number of nitrogens with one attached hydrogen (secondary N) is 2. The Morgan fingerprint density at radius 1 is 0.895 bits per heavy atom. The summed E-state index contributed by atoms with van der Waals surface area (Å²) in [7, 11) is 0. The van der Waals surface area contributed by atoms with Crippen molar-refractivity contribution in [3.8, 4) is 0 Å². The highest BCUT2D eigenvalue weighted by atomic mass is 16.2. The van der Waals surface area contributed by atoms with Gasteiger partial charge in [0.05, 0.1) is 6.04 Å². The van der Waals surface area contributed by atoms with E-state index >= 15 is 0 Å². The number of hydrogen-bond donors (Lipinski definition) is 6. The molecule has 1 fully saturated rings. The van der Waals surface area contributed by atoms with Crippen LogP contribution in [-0.2, 0) is 20.8 Å². The van der Waals surface area contributed by atoms with E-state index < -0.39 is 35.8 Å². The lowest BCUT2D eigenvalue weighted by Crippen LogP contribution is -2.56. The van der Waals surface area contributed by atoms with Crippen molar-refractivity contribution in [3.63, 3.8) is 0 Å². The third kappa shape index (κ3) is 8.72. The van der Waals surface area contributed by atoms with Gasteiger partial charge < -0.3 is 33.6 Å². The number of carbonyl (C=O) groups is 3. The number of carbonyl (C=O) groups excluding carboxylic acids is 3. The van der Waals surface area contributed by atoms with Crippen LogP contribution in [0.25, 0.3) is 10.8 Å². The van der Waals surface area contributed by atoms with E-state index in [0.717, 1.165) is 42.0 Å². The van der Waals surface area contributed by atoms with E-state index in [0.29, 0.717) is 31.7 Å². The molecule has 0 aliphatic heterocycles. The van der Waals surface area contributed by atoms with Crippen LogP contribution in [0.1, 0.15) is 56.9 Å². The molecule has 3 rings (SSSR count). The van der Waals surface area contributed by atoms with Gasteiger partial charge in [-0.15, -0.1) is 0 Å². The average Bonchev–Trinajstić information content (AvgIpc) is 2.90. The Kier molecular flexibility index (Phi) is 10.9. The van der Waals surface area contributed by atoms with Crippen molar-refractivity contribution >= 4 is 34.5 Å². The molecule has 10 N–H and O–H groups in total. The summed E-state index contributed by atoms with van der Waals surface area (Å²) >= 11 is 0. The van der Waals surface area contributed by atoms with Gasteiger partial charge in [0, 0.05) is 13.0 Å². The monoisotopic (exact) mass is 523 g/mol. The minimum atomic E-state index is -0.924. The van der Waals surface area contributed by atoms with Gasteiger partial charge in [0.15, 0.2) is 5.96 Å². The van der Waals surface area contributed by atoms with Gasteiger partial charge in [0.2, 0.25) is 17.7 Å². The second-order valence-electron chi connectivity index (χ2n) is 10.2. The first-order valence-electron chi connectivity index (χ1n) is 13.4. The Bertz CT molecular complexity index is 1120. The average molecular weight is 524 g/mol. The van der Waals surface area contributed by atoms with E-state index in [2.05, 4.69) is 15.6 Å². The molecule has 38 heavy (non-hydrogen) atoms. The quantitative estimate of drug-likeness (QED) is 0.130. The Hall–Kier alpha value is -3.66. The van der Waals surface area contributed by atoms with Crippen LogP contribution >= 0.6 is 0 Å². The van der Waals surface area contributed by atoms with E-state index in [1.54, 1.807) is 0 Å². The van der Waals surface area contributed by atoms with Crippen molar-refractivity contribution in [1.29, 1.82) is 0 Å².